The van der Waals surface area contributed by atoms with E-state index in [4.69, 9.17) is 5.73 Å². The number of benzene rings is 1. The summed E-state index contributed by atoms with van der Waals surface area (Å²) in [6, 6.07) is 8.12. The quantitative estimate of drug-likeness (QED) is 0.791. The predicted octanol–water partition coefficient (Wildman–Crippen LogP) is 2.79. The van der Waals surface area contributed by atoms with Crippen LogP contribution >= 0.6 is 0 Å². The first-order valence-electron chi connectivity index (χ1n) is 5.90. The lowest BCUT2D eigenvalue weighted by Gasteiger charge is -2.26. The van der Waals surface area contributed by atoms with Crippen LogP contribution in [0.1, 0.15) is 26.3 Å². The van der Waals surface area contributed by atoms with Gasteiger partial charge >= 0.3 is 0 Å². The predicted molar refractivity (Wildman–Crippen MR) is 71.5 cm³/mol. The molecule has 1 rings (SSSR count). The first-order valence-corrected chi connectivity index (χ1v) is 5.90. The minimum absolute atomic E-state index is 0.358. The number of nitrogens with zero attached hydrogens (tertiary/aromatic N) is 1. The van der Waals surface area contributed by atoms with Crippen LogP contribution in [-0.2, 0) is 6.42 Å². The highest BCUT2D eigenvalue weighted by Gasteiger charge is 2.13. The number of anilines is 1. The first-order chi connectivity index (χ1) is 7.38. The molecule has 0 aliphatic rings. The van der Waals surface area contributed by atoms with Gasteiger partial charge < -0.3 is 10.6 Å². The van der Waals surface area contributed by atoms with Crippen LogP contribution in [0.25, 0.3) is 0 Å². The van der Waals surface area contributed by atoms with Gasteiger partial charge in [-0.2, -0.15) is 0 Å². The Morgan fingerprint density at radius 3 is 2.38 bits per heavy atom. The molecule has 2 heteroatoms. The Labute approximate surface area is 99.5 Å². The van der Waals surface area contributed by atoms with Crippen LogP contribution in [0, 0.1) is 5.41 Å². The molecule has 0 spiro atoms. The molecule has 1 aromatic rings. The van der Waals surface area contributed by atoms with E-state index < -0.39 is 0 Å². The van der Waals surface area contributed by atoms with Gasteiger partial charge in [0.15, 0.2) is 0 Å². The van der Waals surface area contributed by atoms with E-state index in [1.165, 1.54) is 5.56 Å². The summed E-state index contributed by atoms with van der Waals surface area (Å²) in [4.78, 5) is 2.37. The Hall–Kier alpha value is -1.02. The van der Waals surface area contributed by atoms with Crippen molar-refractivity contribution in [3.05, 3.63) is 29.8 Å². The van der Waals surface area contributed by atoms with Crippen molar-refractivity contribution in [2.24, 2.45) is 5.41 Å². The minimum atomic E-state index is 0.358. The molecule has 0 atom stereocenters. The fourth-order valence-electron chi connectivity index (χ4n) is 1.96. The van der Waals surface area contributed by atoms with E-state index in [1.807, 2.05) is 12.1 Å². The summed E-state index contributed by atoms with van der Waals surface area (Å²) in [5.74, 6) is 0. The van der Waals surface area contributed by atoms with Crippen LogP contribution in [-0.4, -0.2) is 25.0 Å². The highest BCUT2D eigenvalue weighted by molar-refractivity contribution is 5.46. The molecule has 0 aliphatic carbocycles. The minimum Gasteiger partial charge on any atom is -0.399 e. The normalized spacial score (nSPS) is 12.1. The number of hydrogen-bond acceptors (Lipinski definition) is 2. The van der Waals surface area contributed by atoms with Crippen LogP contribution < -0.4 is 5.73 Å². The van der Waals surface area contributed by atoms with Gasteiger partial charge in [-0.1, -0.05) is 39.0 Å². The molecule has 0 fully saturated rings. The summed E-state index contributed by atoms with van der Waals surface area (Å²) in [5.41, 5.74) is 8.44. The maximum Gasteiger partial charge on any atom is 0.0347 e. The molecular weight excluding hydrogens is 196 g/mol. The number of likely N-dealkylation sites (N-methyl/N-ethyl adjacent to an activating group) is 1. The average molecular weight is 220 g/mol. The zero-order valence-corrected chi connectivity index (χ0v) is 11.0. The van der Waals surface area contributed by atoms with E-state index in [-0.39, 0.29) is 0 Å². The van der Waals surface area contributed by atoms with Crippen LogP contribution in [0.3, 0.4) is 0 Å². The summed E-state index contributed by atoms with van der Waals surface area (Å²) in [6.45, 7) is 8.96. The van der Waals surface area contributed by atoms with Crippen LogP contribution in [0.5, 0.6) is 0 Å². The summed E-state index contributed by atoms with van der Waals surface area (Å²) in [7, 11) is 2.17. The molecule has 90 valence electrons. The summed E-state index contributed by atoms with van der Waals surface area (Å²) in [6.07, 6.45) is 1.03. The Bertz CT molecular complexity index is 326. The van der Waals surface area contributed by atoms with Crippen molar-refractivity contribution in [2.45, 2.75) is 27.2 Å². The van der Waals surface area contributed by atoms with Gasteiger partial charge in [-0.05, 0) is 30.5 Å². The molecule has 0 aliphatic heterocycles. The zero-order valence-electron chi connectivity index (χ0n) is 11.0. The van der Waals surface area contributed by atoms with Crippen molar-refractivity contribution in [3.8, 4) is 0 Å². The molecule has 0 saturated carbocycles. The molecule has 16 heavy (non-hydrogen) atoms. The second kappa shape index (κ2) is 5.35. The summed E-state index contributed by atoms with van der Waals surface area (Å²) < 4.78 is 0. The van der Waals surface area contributed by atoms with E-state index in [9.17, 15) is 0 Å². The largest absolute Gasteiger partial charge is 0.399 e. The SMILES string of the molecule is CN(CCc1ccccc1N)CC(C)(C)C. The van der Waals surface area contributed by atoms with Crippen LogP contribution in [0.15, 0.2) is 24.3 Å². The monoisotopic (exact) mass is 220 g/mol. The molecule has 0 aromatic heterocycles. The smallest absolute Gasteiger partial charge is 0.0347 e. The molecule has 0 heterocycles. The maximum absolute atomic E-state index is 5.92. The third-order valence-corrected chi connectivity index (χ3v) is 2.56. The number of rotatable bonds is 4. The number of nitrogens with two attached hydrogens (primary N) is 1. The third-order valence-electron chi connectivity index (χ3n) is 2.56. The van der Waals surface area contributed by atoms with Crippen molar-refractivity contribution >= 4 is 5.69 Å². The fourth-order valence-corrected chi connectivity index (χ4v) is 1.96. The van der Waals surface area contributed by atoms with Gasteiger partial charge in [-0.25, -0.2) is 0 Å². The average Bonchev–Trinajstić information content (AvgIpc) is 2.14. The standard InChI is InChI=1S/C14H24N2/c1-14(2,3)11-16(4)10-9-12-7-5-6-8-13(12)15/h5-8H,9-11,15H2,1-4H3. The molecule has 0 bridgehead atoms. The molecule has 2 nitrogen and oxygen atoms in total. The number of nitrogen functional groups attached to an aromatic ring is 1. The highest BCUT2D eigenvalue weighted by atomic mass is 15.1. The van der Waals surface area contributed by atoms with Crippen molar-refractivity contribution < 1.29 is 0 Å². The fraction of sp³-hybridized carbons (Fsp3) is 0.571. The maximum atomic E-state index is 5.92. The van der Waals surface area contributed by atoms with Gasteiger partial charge in [0.25, 0.3) is 0 Å². The van der Waals surface area contributed by atoms with Crippen molar-refractivity contribution in [1.29, 1.82) is 0 Å². The topological polar surface area (TPSA) is 29.3 Å². The second-order valence-corrected chi connectivity index (χ2v) is 5.75. The van der Waals surface area contributed by atoms with Crippen molar-refractivity contribution in [3.63, 3.8) is 0 Å². The van der Waals surface area contributed by atoms with Gasteiger partial charge in [0.1, 0.15) is 0 Å². The molecule has 0 amide bonds. The van der Waals surface area contributed by atoms with Crippen molar-refractivity contribution in [1.82, 2.24) is 4.90 Å². The van der Waals surface area contributed by atoms with Crippen molar-refractivity contribution in [2.75, 3.05) is 25.9 Å². The van der Waals surface area contributed by atoms with E-state index >= 15 is 0 Å². The molecule has 0 saturated heterocycles. The second-order valence-electron chi connectivity index (χ2n) is 5.75. The third kappa shape index (κ3) is 4.67. The highest BCUT2D eigenvalue weighted by Crippen LogP contribution is 2.15. The molecular formula is C14H24N2. The first kappa shape index (κ1) is 13.0. The van der Waals surface area contributed by atoms with Crippen LogP contribution in [0.2, 0.25) is 0 Å². The van der Waals surface area contributed by atoms with Gasteiger partial charge in [0.2, 0.25) is 0 Å². The number of para-hydroxylation sites is 1. The summed E-state index contributed by atoms with van der Waals surface area (Å²) in [5, 5.41) is 0. The Kier molecular flexibility index (Phi) is 4.36. The zero-order chi connectivity index (χ0) is 12.2. The lowest BCUT2D eigenvalue weighted by atomic mass is 9.96. The Morgan fingerprint density at radius 1 is 1.19 bits per heavy atom. The Morgan fingerprint density at radius 2 is 1.81 bits per heavy atom. The van der Waals surface area contributed by atoms with Gasteiger partial charge in [-0.15, -0.1) is 0 Å². The van der Waals surface area contributed by atoms with E-state index in [2.05, 4.69) is 44.9 Å². The van der Waals surface area contributed by atoms with E-state index in [0.717, 1.165) is 25.2 Å². The van der Waals surface area contributed by atoms with Crippen LogP contribution in [0.4, 0.5) is 5.69 Å². The number of hydrogen-bond donors (Lipinski definition) is 1. The molecule has 1 aromatic carbocycles. The van der Waals surface area contributed by atoms with E-state index in [1.54, 1.807) is 0 Å². The molecule has 0 radical (unpaired) electrons. The Balaban J connectivity index is 2.43. The van der Waals surface area contributed by atoms with Gasteiger partial charge in [0, 0.05) is 18.8 Å². The van der Waals surface area contributed by atoms with Gasteiger partial charge in [0.05, 0.1) is 0 Å². The lowest BCUT2D eigenvalue weighted by Crippen LogP contribution is -2.31. The molecule has 2 N–H and O–H groups in total. The summed E-state index contributed by atoms with van der Waals surface area (Å²) >= 11 is 0. The van der Waals surface area contributed by atoms with E-state index in [0.29, 0.717) is 5.41 Å². The lowest BCUT2D eigenvalue weighted by molar-refractivity contribution is 0.229. The molecule has 0 unspecified atom stereocenters. The van der Waals surface area contributed by atoms with Gasteiger partial charge in [-0.3, -0.25) is 0 Å².